The zero-order chi connectivity index (χ0) is 11.1. The number of phenols is 2. The largest absolute Gasteiger partial charge is 0.508 e. The van der Waals surface area contributed by atoms with Crippen LogP contribution in [0.25, 0.3) is 0 Å². The number of benzene rings is 1. The van der Waals surface area contributed by atoms with E-state index in [1.54, 1.807) is 0 Å². The van der Waals surface area contributed by atoms with E-state index in [1.165, 1.54) is 18.2 Å². The Bertz CT molecular complexity index is 410. The first-order valence-corrected chi connectivity index (χ1v) is 4.51. The van der Waals surface area contributed by atoms with Crippen molar-refractivity contribution >= 4 is 6.02 Å². The number of nitrogens with two attached hydrogens (primary N) is 1. The normalized spacial score (nSPS) is 24.7. The SMILES string of the molecule is CC1(c2cc(O)cc(O)c2)COC(N)=N1. The third-order valence-electron chi connectivity index (χ3n) is 2.38. The lowest BCUT2D eigenvalue weighted by atomic mass is 9.94. The Kier molecular flexibility index (Phi) is 1.96. The molecule has 0 amide bonds. The topological polar surface area (TPSA) is 88.1 Å². The summed E-state index contributed by atoms with van der Waals surface area (Å²) in [6, 6.07) is 4.45. The highest BCUT2D eigenvalue weighted by Gasteiger charge is 2.33. The van der Waals surface area contributed by atoms with Gasteiger partial charge in [-0.25, -0.2) is 4.99 Å². The maximum absolute atomic E-state index is 9.35. The molecule has 1 atom stereocenters. The van der Waals surface area contributed by atoms with Crippen LogP contribution in [0.5, 0.6) is 11.5 Å². The molecule has 0 saturated carbocycles. The molecule has 1 unspecified atom stereocenters. The van der Waals surface area contributed by atoms with Gasteiger partial charge in [0.1, 0.15) is 23.6 Å². The van der Waals surface area contributed by atoms with Crippen LogP contribution in [0.15, 0.2) is 23.2 Å². The molecule has 15 heavy (non-hydrogen) atoms. The molecule has 4 N–H and O–H groups in total. The molecule has 1 aliphatic rings. The summed E-state index contributed by atoms with van der Waals surface area (Å²) >= 11 is 0. The van der Waals surface area contributed by atoms with Gasteiger partial charge in [-0.05, 0) is 24.6 Å². The number of hydrogen-bond acceptors (Lipinski definition) is 5. The highest BCUT2D eigenvalue weighted by molar-refractivity contribution is 5.74. The Labute approximate surface area is 86.8 Å². The molecular formula is C10H12N2O3. The van der Waals surface area contributed by atoms with Crippen LogP contribution < -0.4 is 5.73 Å². The van der Waals surface area contributed by atoms with Crippen LogP contribution in [0.3, 0.4) is 0 Å². The Balaban J connectivity index is 2.45. The standard InChI is InChI=1S/C10H12N2O3/c1-10(5-15-9(11)12-10)6-2-7(13)4-8(14)3-6/h2-4,13-14H,5H2,1H3,(H2,11,12). The summed E-state index contributed by atoms with van der Waals surface area (Å²) < 4.78 is 5.07. The number of ether oxygens (including phenoxy) is 1. The summed E-state index contributed by atoms with van der Waals surface area (Å²) in [5.41, 5.74) is 5.46. The second-order valence-electron chi connectivity index (χ2n) is 3.75. The predicted molar refractivity (Wildman–Crippen MR) is 54.7 cm³/mol. The molecule has 0 radical (unpaired) electrons. The smallest absolute Gasteiger partial charge is 0.283 e. The van der Waals surface area contributed by atoms with Gasteiger partial charge in [-0.2, -0.15) is 0 Å². The van der Waals surface area contributed by atoms with Gasteiger partial charge in [0.15, 0.2) is 0 Å². The van der Waals surface area contributed by atoms with Crippen LogP contribution in [-0.2, 0) is 10.3 Å². The molecule has 1 aromatic carbocycles. The highest BCUT2D eigenvalue weighted by atomic mass is 16.5. The molecule has 0 spiro atoms. The number of nitrogens with zero attached hydrogens (tertiary/aromatic N) is 1. The molecule has 1 heterocycles. The maximum atomic E-state index is 9.35. The first-order chi connectivity index (χ1) is 6.99. The summed E-state index contributed by atoms with van der Waals surface area (Å²) in [5, 5.41) is 18.7. The second-order valence-corrected chi connectivity index (χ2v) is 3.75. The van der Waals surface area contributed by atoms with Crippen molar-refractivity contribution in [2.75, 3.05) is 6.61 Å². The fourth-order valence-corrected chi connectivity index (χ4v) is 1.58. The van der Waals surface area contributed by atoms with Crippen LogP contribution in [0.4, 0.5) is 0 Å². The van der Waals surface area contributed by atoms with Crippen LogP contribution in [-0.4, -0.2) is 22.8 Å². The number of phenolic OH excluding ortho intramolecular Hbond substituents is 2. The highest BCUT2D eigenvalue weighted by Crippen LogP contribution is 2.34. The summed E-state index contributed by atoms with van der Waals surface area (Å²) in [7, 11) is 0. The van der Waals surface area contributed by atoms with Gasteiger partial charge in [-0.15, -0.1) is 0 Å². The van der Waals surface area contributed by atoms with Crippen molar-refractivity contribution in [3.05, 3.63) is 23.8 Å². The molecule has 5 nitrogen and oxygen atoms in total. The molecule has 0 aliphatic carbocycles. The number of rotatable bonds is 1. The Morgan fingerprint density at radius 2 is 1.93 bits per heavy atom. The van der Waals surface area contributed by atoms with E-state index in [9.17, 15) is 10.2 Å². The lowest BCUT2D eigenvalue weighted by Gasteiger charge is -2.18. The monoisotopic (exact) mass is 208 g/mol. The Morgan fingerprint density at radius 1 is 1.33 bits per heavy atom. The van der Waals surface area contributed by atoms with Crippen LogP contribution in [0.2, 0.25) is 0 Å². The molecule has 80 valence electrons. The molecule has 0 fully saturated rings. The number of amidine groups is 1. The van der Waals surface area contributed by atoms with Gasteiger partial charge >= 0.3 is 0 Å². The predicted octanol–water partition coefficient (Wildman–Crippen LogP) is 0.658. The van der Waals surface area contributed by atoms with E-state index in [1.807, 2.05) is 6.92 Å². The first kappa shape index (κ1) is 9.64. The summed E-state index contributed by atoms with van der Waals surface area (Å²) in [5.74, 6) is -0.0150. The Hall–Kier alpha value is -1.91. The van der Waals surface area contributed by atoms with Crippen LogP contribution in [0, 0.1) is 0 Å². The quantitative estimate of drug-likeness (QED) is 0.632. The van der Waals surface area contributed by atoms with E-state index >= 15 is 0 Å². The minimum Gasteiger partial charge on any atom is -0.508 e. The summed E-state index contributed by atoms with van der Waals surface area (Å²) in [6.07, 6.45) is 0. The van der Waals surface area contributed by atoms with E-state index in [0.717, 1.165) is 0 Å². The fourth-order valence-electron chi connectivity index (χ4n) is 1.58. The molecule has 1 aromatic rings. The van der Waals surface area contributed by atoms with E-state index in [4.69, 9.17) is 10.5 Å². The molecule has 2 rings (SSSR count). The fraction of sp³-hybridized carbons (Fsp3) is 0.300. The first-order valence-electron chi connectivity index (χ1n) is 4.51. The molecule has 0 aromatic heterocycles. The van der Waals surface area contributed by atoms with Crippen molar-refractivity contribution in [3.8, 4) is 11.5 Å². The average Bonchev–Trinajstić information content (AvgIpc) is 2.46. The molecule has 0 saturated heterocycles. The minimum atomic E-state index is -0.639. The van der Waals surface area contributed by atoms with Gasteiger partial charge in [0.05, 0.1) is 0 Å². The molecule has 0 bridgehead atoms. The van der Waals surface area contributed by atoms with E-state index in [2.05, 4.69) is 4.99 Å². The van der Waals surface area contributed by atoms with Gasteiger partial charge in [0, 0.05) is 6.07 Å². The minimum absolute atomic E-state index is 0.00750. The zero-order valence-corrected chi connectivity index (χ0v) is 8.27. The van der Waals surface area contributed by atoms with Gasteiger partial charge in [-0.3, -0.25) is 0 Å². The van der Waals surface area contributed by atoms with Gasteiger partial charge in [0.2, 0.25) is 0 Å². The number of hydrogen-bond donors (Lipinski definition) is 3. The van der Waals surface area contributed by atoms with E-state index in [-0.39, 0.29) is 17.5 Å². The van der Waals surface area contributed by atoms with Crippen molar-refractivity contribution in [2.24, 2.45) is 10.7 Å². The summed E-state index contributed by atoms with van der Waals surface area (Å²) in [4.78, 5) is 4.12. The van der Waals surface area contributed by atoms with Crippen LogP contribution >= 0.6 is 0 Å². The maximum Gasteiger partial charge on any atom is 0.283 e. The third-order valence-corrected chi connectivity index (χ3v) is 2.38. The molecular weight excluding hydrogens is 196 g/mol. The van der Waals surface area contributed by atoms with E-state index in [0.29, 0.717) is 12.2 Å². The lowest BCUT2D eigenvalue weighted by molar-refractivity contribution is 0.265. The van der Waals surface area contributed by atoms with Gasteiger partial charge < -0.3 is 20.7 Å². The van der Waals surface area contributed by atoms with E-state index < -0.39 is 5.54 Å². The van der Waals surface area contributed by atoms with Crippen molar-refractivity contribution in [3.63, 3.8) is 0 Å². The average molecular weight is 208 g/mol. The molecule has 5 heteroatoms. The Morgan fingerprint density at radius 3 is 2.40 bits per heavy atom. The number of aliphatic imine (C=N–C) groups is 1. The lowest BCUT2D eigenvalue weighted by Crippen LogP contribution is -2.20. The molecule has 1 aliphatic heterocycles. The van der Waals surface area contributed by atoms with Crippen molar-refractivity contribution in [2.45, 2.75) is 12.5 Å². The van der Waals surface area contributed by atoms with Crippen LogP contribution in [0.1, 0.15) is 12.5 Å². The summed E-state index contributed by atoms with van der Waals surface area (Å²) in [6.45, 7) is 2.13. The van der Waals surface area contributed by atoms with Crippen molar-refractivity contribution in [1.29, 1.82) is 0 Å². The van der Waals surface area contributed by atoms with Crippen molar-refractivity contribution < 1.29 is 14.9 Å². The third kappa shape index (κ3) is 1.68. The van der Waals surface area contributed by atoms with Crippen molar-refractivity contribution in [1.82, 2.24) is 0 Å². The number of aromatic hydroxyl groups is 2. The van der Waals surface area contributed by atoms with Gasteiger partial charge in [0.25, 0.3) is 6.02 Å². The van der Waals surface area contributed by atoms with Gasteiger partial charge in [-0.1, -0.05) is 0 Å². The zero-order valence-electron chi connectivity index (χ0n) is 8.27. The second kappa shape index (κ2) is 3.05.